The van der Waals surface area contributed by atoms with Crippen molar-refractivity contribution in [2.45, 2.75) is 27.3 Å². The van der Waals surface area contributed by atoms with Gasteiger partial charge in [0, 0.05) is 24.8 Å². The summed E-state index contributed by atoms with van der Waals surface area (Å²) in [5.41, 5.74) is 5.69. The molecule has 0 unspecified atom stereocenters. The van der Waals surface area contributed by atoms with E-state index in [-0.39, 0.29) is 0 Å². The Morgan fingerprint density at radius 3 is 2.33 bits per heavy atom. The van der Waals surface area contributed by atoms with Crippen molar-refractivity contribution in [3.05, 3.63) is 45.7 Å². The van der Waals surface area contributed by atoms with Crippen LogP contribution < -0.4 is 5.32 Å². The number of para-hydroxylation sites is 1. The summed E-state index contributed by atoms with van der Waals surface area (Å²) in [6.45, 7) is 6.89. The molecule has 0 aliphatic heterocycles. The van der Waals surface area contributed by atoms with E-state index in [1.54, 1.807) is 4.68 Å². The van der Waals surface area contributed by atoms with Crippen LogP contribution in [0.2, 0.25) is 5.15 Å². The summed E-state index contributed by atoms with van der Waals surface area (Å²) < 4.78 is 1.71. The van der Waals surface area contributed by atoms with Crippen molar-refractivity contribution in [3.63, 3.8) is 0 Å². The summed E-state index contributed by atoms with van der Waals surface area (Å²) in [4.78, 5) is 0. The largest absolute Gasteiger partial charge is 0.380 e. The van der Waals surface area contributed by atoms with Crippen LogP contribution in [0.3, 0.4) is 0 Å². The third kappa shape index (κ3) is 2.36. The summed E-state index contributed by atoms with van der Waals surface area (Å²) in [5, 5.41) is 8.47. The minimum absolute atomic E-state index is 0.699. The lowest BCUT2D eigenvalue weighted by molar-refractivity contribution is 0.757. The Morgan fingerprint density at radius 1 is 1.22 bits per heavy atom. The average Bonchev–Trinajstić information content (AvgIpc) is 2.54. The average molecular weight is 264 g/mol. The van der Waals surface area contributed by atoms with Gasteiger partial charge in [-0.3, -0.25) is 4.68 Å². The van der Waals surface area contributed by atoms with Gasteiger partial charge < -0.3 is 5.32 Å². The van der Waals surface area contributed by atoms with E-state index in [2.05, 4.69) is 42.5 Å². The molecule has 0 aliphatic rings. The first-order chi connectivity index (χ1) is 8.50. The molecule has 0 bridgehead atoms. The van der Waals surface area contributed by atoms with Crippen molar-refractivity contribution in [1.82, 2.24) is 9.78 Å². The number of aromatic nitrogens is 2. The number of nitrogens with one attached hydrogen (secondary N) is 1. The van der Waals surface area contributed by atoms with E-state index in [9.17, 15) is 0 Å². The second-order valence-electron chi connectivity index (χ2n) is 4.60. The van der Waals surface area contributed by atoms with Crippen molar-refractivity contribution >= 4 is 17.3 Å². The smallest absolute Gasteiger partial charge is 0.131 e. The molecule has 18 heavy (non-hydrogen) atoms. The van der Waals surface area contributed by atoms with E-state index >= 15 is 0 Å². The fourth-order valence-corrected chi connectivity index (χ4v) is 2.39. The van der Waals surface area contributed by atoms with Crippen LogP contribution in [0.25, 0.3) is 0 Å². The first kappa shape index (κ1) is 13.0. The lowest BCUT2D eigenvalue weighted by Crippen LogP contribution is -2.03. The summed E-state index contributed by atoms with van der Waals surface area (Å²) in [6, 6.07) is 6.28. The SMILES string of the molecule is Cc1cccc(C)c1NCc1c(C)nn(C)c1Cl. The molecule has 2 rings (SSSR count). The van der Waals surface area contributed by atoms with Crippen molar-refractivity contribution in [3.8, 4) is 0 Å². The number of halogens is 1. The predicted octanol–water partition coefficient (Wildman–Crippen LogP) is 3.61. The lowest BCUT2D eigenvalue weighted by atomic mass is 10.1. The van der Waals surface area contributed by atoms with E-state index in [1.165, 1.54) is 16.8 Å². The second kappa shape index (κ2) is 5.02. The highest BCUT2D eigenvalue weighted by atomic mass is 35.5. The van der Waals surface area contributed by atoms with Crippen LogP contribution in [0.4, 0.5) is 5.69 Å². The number of hydrogen-bond acceptors (Lipinski definition) is 2. The van der Waals surface area contributed by atoms with Crippen LogP contribution in [0.15, 0.2) is 18.2 Å². The molecule has 4 heteroatoms. The van der Waals surface area contributed by atoms with Gasteiger partial charge in [0.05, 0.1) is 5.69 Å². The molecule has 1 aromatic carbocycles. The zero-order chi connectivity index (χ0) is 13.3. The molecule has 1 heterocycles. The zero-order valence-electron chi connectivity index (χ0n) is 11.2. The molecule has 0 amide bonds. The summed E-state index contributed by atoms with van der Waals surface area (Å²) in [6.07, 6.45) is 0. The quantitative estimate of drug-likeness (QED) is 0.917. The van der Waals surface area contributed by atoms with Crippen molar-refractivity contribution in [1.29, 1.82) is 0 Å². The van der Waals surface area contributed by atoms with E-state index in [4.69, 9.17) is 11.6 Å². The molecule has 0 saturated carbocycles. The molecular formula is C14H18ClN3. The van der Waals surface area contributed by atoms with Gasteiger partial charge in [-0.05, 0) is 31.9 Å². The Bertz CT molecular complexity index is 552. The van der Waals surface area contributed by atoms with Gasteiger partial charge in [0.1, 0.15) is 5.15 Å². The number of anilines is 1. The number of benzene rings is 1. The Hall–Kier alpha value is -1.48. The van der Waals surface area contributed by atoms with Crippen LogP contribution in [0.1, 0.15) is 22.4 Å². The molecular weight excluding hydrogens is 246 g/mol. The minimum Gasteiger partial charge on any atom is -0.380 e. The van der Waals surface area contributed by atoms with E-state index in [0.717, 1.165) is 11.3 Å². The molecule has 2 aromatic rings. The molecule has 0 aliphatic carbocycles. The Labute approximate surface area is 113 Å². The molecule has 3 nitrogen and oxygen atoms in total. The molecule has 0 saturated heterocycles. The van der Waals surface area contributed by atoms with E-state index in [0.29, 0.717) is 11.7 Å². The van der Waals surface area contributed by atoms with Gasteiger partial charge in [0.25, 0.3) is 0 Å². The summed E-state index contributed by atoms with van der Waals surface area (Å²) in [7, 11) is 1.86. The second-order valence-corrected chi connectivity index (χ2v) is 4.96. The minimum atomic E-state index is 0.699. The van der Waals surface area contributed by atoms with E-state index in [1.807, 2.05) is 14.0 Å². The Kier molecular flexibility index (Phi) is 3.62. The van der Waals surface area contributed by atoms with Gasteiger partial charge in [-0.15, -0.1) is 0 Å². The normalized spacial score (nSPS) is 10.7. The third-order valence-electron chi connectivity index (χ3n) is 3.19. The van der Waals surface area contributed by atoms with Crippen LogP contribution in [-0.2, 0) is 13.6 Å². The topological polar surface area (TPSA) is 29.9 Å². The fraction of sp³-hybridized carbons (Fsp3) is 0.357. The highest BCUT2D eigenvalue weighted by Gasteiger charge is 2.11. The Balaban J connectivity index is 2.22. The molecule has 0 spiro atoms. The van der Waals surface area contributed by atoms with Gasteiger partial charge in [0.15, 0.2) is 0 Å². The highest BCUT2D eigenvalue weighted by molar-refractivity contribution is 6.30. The lowest BCUT2D eigenvalue weighted by Gasteiger charge is -2.12. The van der Waals surface area contributed by atoms with Crippen LogP contribution in [0.5, 0.6) is 0 Å². The molecule has 1 aromatic heterocycles. The van der Waals surface area contributed by atoms with Gasteiger partial charge in [-0.25, -0.2) is 0 Å². The maximum Gasteiger partial charge on any atom is 0.131 e. The van der Waals surface area contributed by atoms with Gasteiger partial charge in [0.2, 0.25) is 0 Å². The van der Waals surface area contributed by atoms with Crippen molar-refractivity contribution in [2.75, 3.05) is 5.32 Å². The summed E-state index contributed by atoms with van der Waals surface area (Å²) in [5.74, 6) is 0. The highest BCUT2D eigenvalue weighted by Crippen LogP contribution is 2.23. The molecule has 0 fully saturated rings. The monoisotopic (exact) mass is 263 g/mol. The molecule has 0 atom stereocenters. The Morgan fingerprint density at radius 2 is 1.83 bits per heavy atom. The number of rotatable bonds is 3. The summed E-state index contributed by atoms with van der Waals surface area (Å²) >= 11 is 6.22. The van der Waals surface area contributed by atoms with E-state index < -0.39 is 0 Å². The van der Waals surface area contributed by atoms with Gasteiger partial charge in [-0.2, -0.15) is 5.10 Å². The van der Waals surface area contributed by atoms with Crippen LogP contribution in [-0.4, -0.2) is 9.78 Å². The van der Waals surface area contributed by atoms with Gasteiger partial charge in [-0.1, -0.05) is 29.8 Å². The van der Waals surface area contributed by atoms with Gasteiger partial charge >= 0.3 is 0 Å². The maximum absolute atomic E-state index is 6.22. The zero-order valence-corrected chi connectivity index (χ0v) is 12.0. The fourth-order valence-electron chi connectivity index (χ4n) is 2.14. The molecule has 96 valence electrons. The van der Waals surface area contributed by atoms with Crippen LogP contribution in [0, 0.1) is 20.8 Å². The van der Waals surface area contributed by atoms with Crippen LogP contribution >= 0.6 is 11.6 Å². The van der Waals surface area contributed by atoms with Crippen molar-refractivity contribution < 1.29 is 0 Å². The standard InChI is InChI=1S/C14H18ClN3/c1-9-6-5-7-10(2)13(9)16-8-12-11(3)17-18(4)14(12)15/h5-7,16H,8H2,1-4H3. The molecule has 1 N–H and O–H groups in total. The first-order valence-electron chi connectivity index (χ1n) is 5.98. The molecule has 0 radical (unpaired) electrons. The predicted molar refractivity (Wildman–Crippen MR) is 76.2 cm³/mol. The first-order valence-corrected chi connectivity index (χ1v) is 6.36. The number of hydrogen-bond donors (Lipinski definition) is 1. The van der Waals surface area contributed by atoms with Crippen molar-refractivity contribution in [2.24, 2.45) is 7.05 Å². The number of aryl methyl sites for hydroxylation is 4. The maximum atomic E-state index is 6.22. The third-order valence-corrected chi connectivity index (χ3v) is 3.67. The number of nitrogens with zero attached hydrogens (tertiary/aromatic N) is 2.